The van der Waals surface area contributed by atoms with E-state index in [2.05, 4.69) is 0 Å². The van der Waals surface area contributed by atoms with Crippen LogP contribution in [0.5, 0.6) is 11.5 Å². The van der Waals surface area contributed by atoms with E-state index in [0.717, 1.165) is 7.22 Å². The summed E-state index contributed by atoms with van der Waals surface area (Å²) in [5, 5.41) is -5.66. The van der Waals surface area contributed by atoms with Gasteiger partial charge in [-0.2, -0.15) is 0 Å². The molecule has 0 aliphatic heterocycles. The summed E-state index contributed by atoms with van der Waals surface area (Å²) in [6.07, 6.45) is -6.56. The number of hydrogen-bond acceptors (Lipinski definition) is 4. The molecule has 0 heterocycles. The van der Waals surface area contributed by atoms with E-state index >= 15 is 0 Å². The fraction of sp³-hybridized carbons (Fsp3) is 0.400. The van der Waals surface area contributed by atoms with E-state index in [1.807, 2.05) is 0 Å². The number of benzene rings is 2. The van der Waals surface area contributed by atoms with E-state index in [0.29, 0.717) is 0 Å². The van der Waals surface area contributed by atoms with Crippen molar-refractivity contribution in [2.75, 3.05) is 13.2 Å². The SMILES string of the molecule is O=S(=O)(O)C(F)(F)C(F)(F)CCOc1ccc([Te]c2ccc(OCCC(F)(F)C(F)F)cc2)cc1. The van der Waals surface area contributed by atoms with Crippen molar-refractivity contribution in [2.24, 2.45) is 0 Å². The molecule has 0 spiro atoms. The van der Waals surface area contributed by atoms with Crippen molar-refractivity contribution in [1.29, 1.82) is 0 Å². The van der Waals surface area contributed by atoms with Gasteiger partial charge in [0.05, 0.1) is 0 Å². The summed E-state index contributed by atoms with van der Waals surface area (Å²) in [6.45, 7) is -1.53. The Bertz CT molecular complexity index is 1060. The zero-order chi connectivity index (χ0) is 26.5. The molecule has 0 unspecified atom stereocenters. The number of alkyl halides is 8. The molecule has 15 heteroatoms. The average Bonchev–Trinajstić information content (AvgIpc) is 2.75. The summed E-state index contributed by atoms with van der Waals surface area (Å²) in [5.41, 5.74) is 0. The third-order valence-corrected chi connectivity index (χ3v) is 8.19. The van der Waals surface area contributed by atoms with Crippen molar-refractivity contribution >= 4 is 38.3 Å². The van der Waals surface area contributed by atoms with Crippen LogP contribution in [0.25, 0.3) is 0 Å². The van der Waals surface area contributed by atoms with Crippen molar-refractivity contribution in [1.82, 2.24) is 0 Å². The van der Waals surface area contributed by atoms with Gasteiger partial charge in [0.15, 0.2) is 0 Å². The number of hydrogen-bond donors (Lipinski definition) is 1. The van der Waals surface area contributed by atoms with Gasteiger partial charge in [-0.15, -0.1) is 0 Å². The Kier molecular flexibility index (Phi) is 9.65. The number of rotatable bonds is 13. The maximum atomic E-state index is 13.5. The van der Waals surface area contributed by atoms with Gasteiger partial charge in [-0.25, -0.2) is 0 Å². The molecule has 196 valence electrons. The summed E-state index contributed by atoms with van der Waals surface area (Å²) in [5.74, 6) is -8.89. The van der Waals surface area contributed by atoms with Gasteiger partial charge < -0.3 is 0 Å². The summed E-state index contributed by atoms with van der Waals surface area (Å²) in [6, 6.07) is 12.4. The van der Waals surface area contributed by atoms with Gasteiger partial charge in [0.1, 0.15) is 0 Å². The van der Waals surface area contributed by atoms with E-state index in [9.17, 15) is 43.5 Å². The molecule has 0 aromatic heterocycles. The molecular weight excluding hydrogens is 632 g/mol. The van der Waals surface area contributed by atoms with Gasteiger partial charge >= 0.3 is 205 Å². The van der Waals surface area contributed by atoms with Crippen LogP contribution in [0.15, 0.2) is 48.5 Å². The molecule has 0 amide bonds. The number of ether oxygens (including phenoxy) is 2. The minimum atomic E-state index is -6.31. The third-order valence-electron chi connectivity index (χ3n) is 4.34. The second-order valence-corrected chi connectivity index (χ2v) is 11.7. The van der Waals surface area contributed by atoms with E-state index in [1.165, 1.54) is 24.3 Å². The minimum absolute atomic E-state index is 0.0662. The first-order valence-corrected chi connectivity index (χ1v) is 13.3. The Balaban J connectivity index is 1.85. The third kappa shape index (κ3) is 8.09. The second-order valence-electron chi connectivity index (χ2n) is 7.00. The predicted molar refractivity (Wildman–Crippen MR) is 111 cm³/mol. The molecular formula is C20H18F8O5STe. The van der Waals surface area contributed by atoms with Crippen LogP contribution in [-0.2, 0) is 10.1 Å². The first-order chi connectivity index (χ1) is 16.0. The molecule has 2 rings (SSSR count). The van der Waals surface area contributed by atoms with Crippen molar-refractivity contribution in [3.63, 3.8) is 0 Å². The van der Waals surface area contributed by atoms with E-state index in [1.54, 1.807) is 24.3 Å². The Morgan fingerprint density at radius 2 is 1.17 bits per heavy atom. The van der Waals surface area contributed by atoms with Crippen molar-refractivity contribution in [2.45, 2.75) is 36.4 Å². The Hall–Kier alpha value is -1.82. The van der Waals surface area contributed by atoms with Gasteiger partial charge in [0.2, 0.25) is 0 Å². The van der Waals surface area contributed by atoms with Gasteiger partial charge in [0, 0.05) is 0 Å². The Labute approximate surface area is 205 Å². The molecule has 0 saturated heterocycles. The first kappa shape index (κ1) is 29.4. The van der Waals surface area contributed by atoms with Gasteiger partial charge in [0.25, 0.3) is 0 Å². The standard InChI is InChI=1S/C20H18F8O5STe/c21-17(22)18(23,24)9-11-32-13-1-5-15(6-2-13)35-16-7-3-14(4-8-16)33-12-10-19(25,26)20(27,28)34(29,30)31/h1-8,17H,9-12H2,(H,29,30,31). The van der Waals surface area contributed by atoms with Crippen molar-refractivity contribution in [3.8, 4) is 11.5 Å². The summed E-state index contributed by atoms with van der Waals surface area (Å²) < 4.78 is 144. The van der Waals surface area contributed by atoms with Crippen LogP contribution in [0.2, 0.25) is 0 Å². The van der Waals surface area contributed by atoms with Crippen LogP contribution in [0.4, 0.5) is 35.1 Å². The molecule has 0 bridgehead atoms. The van der Waals surface area contributed by atoms with E-state index in [-0.39, 0.29) is 11.5 Å². The zero-order valence-electron chi connectivity index (χ0n) is 17.4. The average molecular weight is 650 g/mol. The van der Waals surface area contributed by atoms with Crippen LogP contribution in [0, 0.1) is 0 Å². The van der Waals surface area contributed by atoms with Crippen LogP contribution in [-0.4, -0.2) is 70.6 Å². The van der Waals surface area contributed by atoms with E-state index in [4.69, 9.17) is 14.0 Å². The van der Waals surface area contributed by atoms with Crippen molar-refractivity contribution < 1.29 is 57.6 Å². The fourth-order valence-corrected chi connectivity index (χ4v) is 5.20. The van der Waals surface area contributed by atoms with Crippen LogP contribution < -0.4 is 16.7 Å². The maximum absolute atomic E-state index is 13.5. The second kappa shape index (κ2) is 11.5. The zero-order valence-corrected chi connectivity index (χ0v) is 20.6. The molecule has 5 nitrogen and oxygen atoms in total. The Morgan fingerprint density at radius 1 is 0.771 bits per heavy atom. The number of halogens is 8. The van der Waals surface area contributed by atoms with Crippen LogP contribution >= 0.6 is 0 Å². The molecule has 2 aromatic rings. The molecule has 0 aliphatic carbocycles. The molecule has 35 heavy (non-hydrogen) atoms. The van der Waals surface area contributed by atoms with Crippen molar-refractivity contribution in [3.05, 3.63) is 48.5 Å². The molecule has 0 fully saturated rings. The molecule has 0 saturated carbocycles. The van der Waals surface area contributed by atoms with Gasteiger partial charge in [-0.05, 0) is 0 Å². The Morgan fingerprint density at radius 3 is 1.54 bits per heavy atom. The van der Waals surface area contributed by atoms with Crippen LogP contribution in [0.1, 0.15) is 12.8 Å². The molecule has 2 aromatic carbocycles. The summed E-state index contributed by atoms with van der Waals surface area (Å²) in [4.78, 5) is 0. The van der Waals surface area contributed by atoms with Crippen LogP contribution in [0.3, 0.4) is 0 Å². The quantitative estimate of drug-likeness (QED) is 0.203. The monoisotopic (exact) mass is 652 g/mol. The van der Waals surface area contributed by atoms with Gasteiger partial charge in [-0.3, -0.25) is 0 Å². The predicted octanol–water partition coefficient (Wildman–Crippen LogP) is 3.90. The molecule has 0 aliphatic rings. The normalized spacial score (nSPS) is 13.2. The summed E-state index contributed by atoms with van der Waals surface area (Å²) in [7, 11) is -6.31. The molecule has 0 atom stereocenters. The fourth-order valence-electron chi connectivity index (χ4n) is 2.39. The topological polar surface area (TPSA) is 72.8 Å². The first-order valence-electron chi connectivity index (χ1n) is 9.57. The molecule has 0 radical (unpaired) electrons. The summed E-state index contributed by atoms with van der Waals surface area (Å²) >= 11 is -0.948. The molecule has 1 N–H and O–H groups in total. The van der Waals surface area contributed by atoms with Gasteiger partial charge in [-0.1, -0.05) is 0 Å². The van der Waals surface area contributed by atoms with E-state index < -0.39 is 80.6 Å².